The predicted octanol–water partition coefficient (Wildman–Crippen LogP) is 3.31. The molecule has 112 valence electrons. The van der Waals surface area contributed by atoms with Gasteiger partial charge in [-0.15, -0.1) is 0 Å². The van der Waals surface area contributed by atoms with Crippen LogP contribution in [-0.2, 0) is 13.1 Å². The summed E-state index contributed by atoms with van der Waals surface area (Å²) >= 11 is 3.34. The maximum absolute atomic E-state index is 13.2. The Kier molecular flexibility index (Phi) is 5.01. The number of aryl methyl sites for hydroxylation is 1. The highest BCUT2D eigenvalue weighted by molar-refractivity contribution is 9.10. The third-order valence-corrected chi connectivity index (χ3v) is 3.84. The lowest BCUT2D eigenvalue weighted by molar-refractivity contribution is 0.0941. The van der Waals surface area contributed by atoms with E-state index in [0.717, 1.165) is 17.4 Å². The van der Waals surface area contributed by atoms with Crippen LogP contribution in [0.4, 0.5) is 10.1 Å². The van der Waals surface area contributed by atoms with Gasteiger partial charge in [-0.3, -0.25) is 4.79 Å². The van der Waals surface area contributed by atoms with E-state index >= 15 is 0 Å². The smallest absolute Gasteiger partial charge is 0.268 e. The molecular weight excluding hydrogens is 337 g/mol. The minimum Gasteiger partial charge on any atom is -0.397 e. The number of nitrogens with zero attached hydrogens (tertiary/aromatic N) is 1. The van der Waals surface area contributed by atoms with Crippen molar-refractivity contribution in [3.63, 3.8) is 0 Å². The second-order valence-corrected chi connectivity index (χ2v) is 5.62. The van der Waals surface area contributed by atoms with Gasteiger partial charge in [-0.25, -0.2) is 4.39 Å². The van der Waals surface area contributed by atoms with Gasteiger partial charge in [0.15, 0.2) is 0 Å². The number of nitrogens with one attached hydrogen (secondary N) is 1. The Bertz CT molecular complexity index is 654. The zero-order valence-electron chi connectivity index (χ0n) is 11.7. The molecule has 0 radical (unpaired) electrons. The Morgan fingerprint density at radius 2 is 2.19 bits per heavy atom. The van der Waals surface area contributed by atoms with E-state index in [1.54, 1.807) is 18.3 Å². The largest absolute Gasteiger partial charge is 0.397 e. The molecule has 4 nitrogen and oxygen atoms in total. The van der Waals surface area contributed by atoms with Crippen molar-refractivity contribution in [1.82, 2.24) is 9.88 Å². The minimum absolute atomic E-state index is 0.226. The van der Waals surface area contributed by atoms with Crippen molar-refractivity contribution >= 4 is 27.5 Å². The Labute approximate surface area is 131 Å². The minimum atomic E-state index is -0.332. The van der Waals surface area contributed by atoms with E-state index < -0.39 is 0 Å². The molecule has 1 aromatic carbocycles. The molecule has 2 aromatic rings. The number of nitrogens with two attached hydrogens (primary N) is 1. The number of halogens is 2. The van der Waals surface area contributed by atoms with E-state index in [9.17, 15) is 9.18 Å². The number of hydrogen-bond acceptors (Lipinski definition) is 2. The van der Waals surface area contributed by atoms with Crippen molar-refractivity contribution in [2.45, 2.75) is 26.4 Å². The van der Waals surface area contributed by atoms with Crippen LogP contribution in [0.1, 0.15) is 29.4 Å². The number of benzene rings is 1. The molecule has 6 heteroatoms. The fourth-order valence-electron chi connectivity index (χ4n) is 2.09. The van der Waals surface area contributed by atoms with Gasteiger partial charge in [0.25, 0.3) is 5.91 Å². The fraction of sp³-hybridized carbons (Fsp3) is 0.267. The molecule has 0 aliphatic heterocycles. The molecule has 2 rings (SSSR count). The second-order valence-electron chi connectivity index (χ2n) is 4.77. The van der Waals surface area contributed by atoms with Crippen LogP contribution < -0.4 is 11.1 Å². The number of amides is 1. The van der Waals surface area contributed by atoms with E-state index in [1.807, 2.05) is 11.5 Å². The SMILES string of the molecule is CCCn1cc(N)cc1C(=O)NCc1cc(F)ccc1Br. The van der Waals surface area contributed by atoms with Crippen molar-refractivity contribution in [2.24, 2.45) is 0 Å². The zero-order valence-corrected chi connectivity index (χ0v) is 13.3. The zero-order chi connectivity index (χ0) is 15.4. The number of rotatable bonds is 5. The first kappa shape index (κ1) is 15.6. The molecule has 0 aliphatic rings. The van der Waals surface area contributed by atoms with E-state index in [0.29, 0.717) is 16.9 Å². The summed E-state index contributed by atoms with van der Waals surface area (Å²) in [4.78, 5) is 12.2. The summed E-state index contributed by atoms with van der Waals surface area (Å²) in [6.07, 6.45) is 2.65. The second kappa shape index (κ2) is 6.76. The maximum Gasteiger partial charge on any atom is 0.268 e. The number of nitrogen functional groups attached to an aromatic ring is 1. The van der Waals surface area contributed by atoms with Crippen molar-refractivity contribution in [3.05, 3.63) is 52.0 Å². The summed E-state index contributed by atoms with van der Waals surface area (Å²) < 4.78 is 15.8. The number of carbonyl (C=O) groups is 1. The number of hydrogen-bond donors (Lipinski definition) is 2. The van der Waals surface area contributed by atoms with Crippen molar-refractivity contribution in [2.75, 3.05) is 5.73 Å². The van der Waals surface area contributed by atoms with Gasteiger partial charge in [0.2, 0.25) is 0 Å². The third-order valence-electron chi connectivity index (χ3n) is 3.06. The molecule has 0 aliphatic carbocycles. The molecule has 0 saturated carbocycles. The molecule has 0 atom stereocenters. The van der Waals surface area contributed by atoms with Gasteiger partial charge in [0, 0.05) is 23.8 Å². The lowest BCUT2D eigenvalue weighted by atomic mass is 10.2. The van der Waals surface area contributed by atoms with Gasteiger partial charge in [0.1, 0.15) is 11.5 Å². The monoisotopic (exact) mass is 353 g/mol. The van der Waals surface area contributed by atoms with Crippen LogP contribution in [0.5, 0.6) is 0 Å². The van der Waals surface area contributed by atoms with Gasteiger partial charge in [-0.05, 0) is 36.2 Å². The molecule has 1 heterocycles. The lowest BCUT2D eigenvalue weighted by Crippen LogP contribution is -2.25. The lowest BCUT2D eigenvalue weighted by Gasteiger charge is -2.10. The van der Waals surface area contributed by atoms with E-state index in [-0.39, 0.29) is 18.3 Å². The van der Waals surface area contributed by atoms with Crippen LogP contribution in [0.2, 0.25) is 0 Å². The summed E-state index contributed by atoms with van der Waals surface area (Å²) in [5, 5.41) is 2.78. The number of anilines is 1. The van der Waals surface area contributed by atoms with Crippen molar-refractivity contribution in [3.8, 4) is 0 Å². The predicted molar refractivity (Wildman–Crippen MR) is 84.4 cm³/mol. The first-order valence-corrected chi connectivity index (χ1v) is 7.48. The topological polar surface area (TPSA) is 60.0 Å². The van der Waals surface area contributed by atoms with Gasteiger partial charge in [0.05, 0.1) is 5.69 Å². The maximum atomic E-state index is 13.2. The molecular formula is C15H17BrFN3O. The Morgan fingerprint density at radius 1 is 1.43 bits per heavy atom. The van der Waals surface area contributed by atoms with Crippen LogP contribution in [0, 0.1) is 5.82 Å². The molecule has 0 unspecified atom stereocenters. The molecule has 0 fully saturated rings. The van der Waals surface area contributed by atoms with Gasteiger partial charge < -0.3 is 15.6 Å². The summed E-state index contributed by atoms with van der Waals surface area (Å²) in [5.74, 6) is -0.558. The van der Waals surface area contributed by atoms with Gasteiger partial charge in [-0.1, -0.05) is 22.9 Å². The standard InChI is InChI=1S/C15H17BrFN3O/c1-2-5-20-9-12(18)7-14(20)15(21)19-8-10-6-11(17)3-4-13(10)16/h3-4,6-7,9H,2,5,8,18H2,1H3,(H,19,21). The Morgan fingerprint density at radius 3 is 2.90 bits per heavy atom. The highest BCUT2D eigenvalue weighted by atomic mass is 79.9. The first-order chi connectivity index (χ1) is 10.0. The average molecular weight is 354 g/mol. The number of aromatic nitrogens is 1. The summed E-state index contributed by atoms with van der Waals surface area (Å²) in [6, 6.07) is 6.02. The van der Waals surface area contributed by atoms with E-state index in [1.165, 1.54) is 12.1 Å². The molecule has 0 saturated heterocycles. The Hall–Kier alpha value is -1.82. The summed E-state index contributed by atoms with van der Waals surface area (Å²) in [7, 11) is 0. The van der Waals surface area contributed by atoms with E-state index in [2.05, 4.69) is 21.2 Å². The average Bonchev–Trinajstić information content (AvgIpc) is 2.81. The van der Waals surface area contributed by atoms with Gasteiger partial charge in [-0.2, -0.15) is 0 Å². The Balaban J connectivity index is 2.10. The molecule has 1 aromatic heterocycles. The van der Waals surface area contributed by atoms with Crippen LogP contribution in [0.25, 0.3) is 0 Å². The highest BCUT2D eigenvalue weighted by Gasteiger charge is 2.13. The molecule has 0 bridgehead atoms. The fourth-order valence-corrected chi connectivity index (χ4v) is 2.48. The third kappa shape index (κ3) is 3.85. The van der Waals surface area contributed by atoms with Crippen molar-refractivity contribution < 1.29 is 9.18 Å². The van der Waals surface area contributed by atoms with E-state index in [4.69, 9.17) is 5.73 Å². The molecule has 21 heavy (non-hydrogen) atoms. The van der Waals surface area contributed by atoms with Crippen LogP contribution in [-0.4, -0.2) is 10.5 Å². The summed E-state index contributed by atoms with van der Waals surface area (Å²) in [6.45, 7) is 3.00. The quantitative estimate of drug-likeness (QED) is 0.866. The molecule has 0 spiro atoms. The van der Waals surface area contributed by atoms with Gasteiger partial charge >= 0.3 is 0 Å². The van der Waals surface area contributed by atoms with Crippen LogP contribution in [0.15, 0.2) is 34.9 Å². The molecule has 3 N–H and O–H groups in total. The molecule has 1 amide bonds. The first-order valence-electron chi connectivity index (χ1n) is 6.69. The number of carbonyl (C=O) groups excluding carboxylic acids is 1. The van der Waals surface area contributed by atoms with Crippen molar-refractivity contribution in [1.29, 1.82) is 0 Å². The van der Waals surface area contributed by atoms with Crippen LogP contribution in [0.3, 0.4) is 0 Å². The normalized spacial score (nSPS) is 10.6. The highest BCUT2D eigenvalue weighted by Crippen LogP contribution is 2.18. The summed E-state index contributed by atoms with van der Waals surface area (Å²) in [5.41, 5.74) is 7.50. The van der Waals surface area contributed by atoms with Crippen LogP contribution >= 0.6 is 15.9 Å².